The quantitative estimate of drug-likeness (QED) is 0.811. The summed E-state index contributed by atoms with van der Waals surface area (Å²) in [6.45, 7) is 0. The molecule has 1 saturated heterocycles. The Hall–Kier alpha value is -2.63. The Balaban J connectivity index is 1.95. The Morgan fingerprint density at radius 2 is 1.39 bits per heavy atom. The van der Waals surface area contributed by atoms with Gasteiger partial charge in [0.2, 0.25) is 0 Å². The van der Waals surface area contributed by atoms with Crippen molar-refractivity contribution in [3.63, 3.8) is 0 Å². The largest absolute Gasteiger partial charge is 0.497 e. The molecule has 120 valence electrons. The van der Waals surface area contributed by atoms with Gasteiger partial charge in [0.1, 0.15) is 17.5 Å². The Labute approximate surface area is 132 Å². The van der Waals surface area contributed by atoms with Crippen LogP contribution in [0.25, 0.3) is 0 Å². The van der Waals surface area contributed by atoms with E-state index in [0.717, 1.165) is 4.90 Å². The lowest BCUT2D eigenvalue weighted by Crippen LogP contribution is -2.64. The molecule has 2 aromatic carbocycles. The zero-order chi connectivity index (χ0) is 16.6. The summed E-state index contributed by atoms with van der Waals surface area (Å²) in [7, 11) is 3.01. The molecular formula is C17H15F2NO3. The number of ether oxygens (including phenoxy) is 2. The van der Waals surface area contributed by atoms with Gasteiger partial charge in [-0.1, -0.05) is 12.1 Å². The van der Waals surface area contributed by atoms with Gasteiger partial charge in [-0.2, -0.15) is 8.78 Å². The number of carbonyl (C=O) groups excluding carboxylic acids is 1. The summed E-state index contributed by atoms with van der Waals surface area (Å²) < 4.78 is 38.3. The van der Waals surface area contributed by atoms with Gasteiger partial charge in [-0.3, -0.25) is 9.69 Å². The van der Waals surface area contributed by atoms with Gasteiger partial charge in [0.25, 0.3) is 0 Å². The molecule has 0 spiro atoms. The number of alkyl halides is 2. The molecule has 0 aliphatic carbocycles. The maximum absolute atomic E-state index is 14.1. The van der Waals surface area contributed by atoms with E-state index in [0.29, 0.717) is 22.7 Å². The third-order valence-corrected chi connectivity index (χ3v) is 3.89. The molecule has 6 heteroatoms. The first-order valence-corrected chi connectivity index (χ1v) is 6.98. The fourth-order valence-electron chi connectivity index (χ4n) is 2.64. The normalized spacial score (nSPS) is 19.2. The van der Waals surface area contributed by atoms with Crippen LogP contribution in [0.2, 0.25) is 0 Å². The smallest absolute Gasteiger partial charge is 0.349 e. The molecule has 0 saturated carbocycles. The highest BCUT2D eigenvalue weighted by atomic mass is 19.3. The number of halogens is 2. The highest BCUT2D eigenvalue weighted by Crippen LogP contribution is 2.49. The van der Waals surface area contributed by atoms with Crippen molar-refractivity contribution in [2.75, 3.05) is 19.1 Å². The Morgan fingerprint density at radius 3 is 1.87 bits per heavy atom. The molecule has 1 heterocycles. The monoisotopic (exact) mass is 319 g/mol. The van der Waals surface area contributed by atoms with Gasteiger partial charge in [-0.15, -0.1) is 0 Å². The summed E-state index contributed by atoms with van der Waals surface area (Å²) in [6, 6.07) is 11.4. The van der Waals surface area contributed by atoms with E-state index in [9.17, 15) is 13.6 Å². The number of methoxy groups -OCH3 is 2. The predicted molar refractivity (Wildman–Crippen MR) is 81.2 cm³/mol. The van der Waals surface area contributed by atoms with E-state index in [1.165, 1.54) is 14.2 Å². The number of hydrogen-bond acceptors (Lipinski definition) is 3. The van der Waals surface area contributed by atoms with E-state index < -0.39 is 17.9 Å². The first-order chi connectivity index (χ1) is 11.0. The number of anilines is 1. The van der Waals surface area contributed by atoms with Gasteiger partial charge in [-0.25, -0.2) is 0 Å². The lowest BCUT2D eigenvalue weighted by atomic mass is 9.89. The summed E-state index contributed by atoms with van der Waals surface area (Å²) in [5.41, 5.74) is 0.758. The molecule has 4 nitrogen and oxygen atoms in total. The van der Waals surface area contributed by atoms with Crippen molar-refractivity contribution in [1.29, 1.82) is 0 Å². The standard InChI is InChI=1S/C17H15F2NO3/c1-22-13-7-3-11(4-8-13)15-17(18,19)16(21)20(15)12-5-9-14(23-2)10-6-12/h3-10,15H,1-2H3/t15-/m1/s1. The average Bonchev–Trinajstić information content (AvgIpc) is 2.59. The highest BCUT2D eigenvalue weighted by molar-refractivity contribution is 6.07. The van der Waals surface area contributed by atoms with Gasteiger partial charge in [0.15, 0.2) is 0 Å². The molecule has 0 radical (unpaired) electrons. The van der Waals surface area contributed by atoms with E-state index >= 15 is 0 Å². The van der Waals surface area contributed by atoms with Gasteiger partial charge >= 0.3 is 11.8 Å². The molecule has 0 aromatic heterocycles. The van der Waals surface area contributed by atoms with E-state index in [2.05, 4.69) is 0 Å². The maximum atomic E-state index is 14.1. The van der Waals surface area contributed by atoms with Gasteiger partial charge in [0, 0.05) is 5.69 Å². The van der Waals surface area contributed by atoms with E-state index in [1.54, 1.807) is 48.5 Å². The maximum Gasteiger partial charge on any atom is 0.349 e. The fraction of sp³-hybridized carbons (Fsp3) is 0.235. The third kappa shape index (κ3) is 2.40. The van der Waals surface area contributed by atoms with Crippen LogP contribution in [0.1, 0.15) is 11.6 Å². The van der Waals surface area contributed by atoms with Crippen molar-refractivity contribution in [2.45, 2.75) is 12.0 Å². The topological polar surface area (TPSA) is 38.8 Å². The minimum absolute atomic E-state index is 0.353. The van der Waals surface area contributed by atoms with E-state index in [-0.39, 0.29) is 0 Å². The number of β-lactam (4-membered cyclic amide) rings is 1. The van der Waals surface area contributed by atoms with Crippen LogP contribution >= 0.6 is 0 Å². The minimum atomic E-state index is -3.42. The Bertz CT molecular complexity index is 714. The number of carbonyl (C=O) groups is 1. The molecule has 0 N–H and O–H groups in total. The Kier molecular flexibility index (Phi) is 3.67. The lowest BCUT2D eigenvalue weighted by molar-refractivity contribution is -0.162. The number of amides is 1. The van der Waals surface area contributed by atoms with Crippen LogP contribution < -0.4 is 14.4 Å². The van der Waals surface area contributed by atoms with Gasteiger partial charge in [0.05, 0.1) is 14.2 Å². The molecule has 3 rings (SSSR count). The average molecular weight is 319 g/mol. The fourth-order valence-corrected chi connectivity index (χ4v) is 2.64. The minimum Gasteiger partial charge on any atom is -0.497 e. The summed E-state index contributed by atoms with van der Waals surface area (Å²) in [6.07, 6.45) is 0. The second kappa shape index (κ2) is 5.53. The molecule has 1 aliphatic heterocycles. The van der Waals surface area contributed by atoms with Crippen molar-refractivity contribution >= 4 is 11.6 Å². The highest BCUT2D eigenvalue weighted by Gasteiger charge is 2.64. The van der Waals surface area contributed by atoms with Crippen LogP contribution in [0.15, 0.2) is 48.5 Å². The van der Waals surface area contributed by atoms with Crippen LogP contribution in [-0.4, -0.2) is 26.0 Å². The predicted octanol–water partition coefficient (Wildman–Crippen LogP) is 3.43. The van der Waals surface area contributed by atoms with Crippen LogP contribution in [0.4, 0.5) is 14.5 Å². The summed E-state index contributed by atoms with van der Waals surface area (Å²) in [5, 5.41) is 0. The summed E-state index contributed by atoms with van der Waals surface area (Å²) >= 11 is 0. The molecule has 1 aliphatic rings. The molecule has 0 unspecified atom stereocenters. The number of benzene rings is 2. The van der Waals surface area contributed by atoms with Crippen molar-refractivity contribution in [3.05, 3.63) is 54.1 Å². The van der Waals surface area contributed by atoms with Crippen molar-refractivity contribution < 1.29 is 23.0 Å². The molecule has 1 fully saturated rings. The van der Waals surface area contributed by atoms with Crippen LogP contribution in [-0.2, 0) is 4.79 Å². The summed E-state index contributed by atoms with van der Waals surface area (Å²) in [5.74, 6) is -3.47. The third-order valence-electron chi connectivity index (χ3n) is 3.89. The Morgan fingerprint density at radius 1 is 0.913 bits per heavy atom. The first kappa shape index (κ1) is 15.3. The van der Waals surface area contributed by atoms with Crippen molar-refractivity contribution in [1.82, 2.24) is 0 Å². The molecular weight excluding hydrogens is 304 g/mol. The van der Waals surface area contributed by atoms with Crippen LogP contribution in [0.5, 0.6) is 11.5 Å². The van der Waals surface area contributed by atoms with E-state index in [1.807, 2.05) is 0 Å². The summed E-state index contributed by atoms with van der Waals surface area (Å²) in [4.78, 5) is 13.0. The number of rotatable bonds is 4. The van der Waals surface area contributed by atoms with Crippen LogP contribution in [0.3, 0.4) is 0 Å². The number of nitrogens with zero attached hydrogens (tertiary/aromatic N) is 1. The van der Waals surface area contributed by atoms with Crippen molar-refractivity contribution in [3.8, 4) is 11.5 Å². The number of hydrogen-bond donors (Lipinski definition) is 0. The SMILES string of the molecule is COc1ccc([C@H]2N(c3ccc(OC)cc3)C(=O)C2(F)F)cc1. The molecule has 2 aromatic rings. The zero-order valence-electron chi connectivity index (χ0n) is 12.6. The zero-order valence-corrected chi connectivity index (χ0v) is 12.6. The molecule has 23 heavy (non-hydrogen) atoms. The van der Waals surface area contributed by atoms with Gasteiger partial charge in [-0.05, 0) is 42.0 Å². The van der Waals surface area contributed by atoms with Crippen LogP contribution in [0, 0.1) is 0 Å². The van der Waals surface area contributed by atoms with Gasteiger partial charge < -0.3 is 9.47 Å². The molecule has 1 atom stereocenters. The lowest BCUT2D eigenvalue weighted by Gasteiger charge is -2.46. The molecule has 1 amide bonds. The second-order valence-electron chi connectivity index (χ2n) is 5.17. The second-order valence-corrected chi connectivity index (χ2v) is 5.17. The first-order valence-electron chi connectivity index (χ1n) is 6.98. The van der Waals surface area contributed by atoms with Crippen molar-refractivity contribution in [2.24, 2.45) is 0 Å². The molecule has 0 bridgehead atoms. The van der Waals surface area contributed by atoms with E-state index in [4.69, 9.17) is 9.47 Å².